The van der Waals surface area contributed by atoms with E-state index in [-0.39, 0.29) is 12.5 Å². The van der Waals surface area contributed by atoms with E-state index in [2.05, 4.69) is 5.32 Å². The normalized spacial score (nSPS) is 9.61. The molecule has 0 radical (unpaired) electrons. The highest BCUT2D eigenvalue weighted by Gasteiger charge is 2.08. The molecule has 1 N–H and O–H groups in total. The van der Waals surface area contributed by atoms with Crippen LogP contribution in [0.3, 0.4) is 0 Å². The lowest BCUT2D eigenvalue weighted by Crippen LogP contribution is -2.20. The smallest absolute Gasteiger partial charge is 0.262 e. The Morgan fingerprint density at radius 3 is 2.61 bits per heavy atom. The third kappa shape index (κ3) is 4.38. The molecular weight excluding hydrogens is 296 g/mol. The Labute approximate surface area is 134 Å². The molecule has 1 amide bonds. The van der Waals surface area contributed by atoms with Crippen molar-refractivity contribution in [1.82, 2.24) is 0 Å². The van der Waals surface area contributed by atoms with Gasteiger partial charge in [-0.2, -0.15) is 5.26 Å². The lowest BCUT2D eigenvalue weighted by molar-refractivity contribution is -0.118. The maximum Gasteiger partial charge on any atom is 0.262 e. The number of amides is 1. The number of carbonyl (C=O) groups excluding carboxylic acids is 1. The standard InChI is InChI=1S/C17H16N2O4/c1-21-15-7-6-13(9-16(15)22-2)19-17(20)11-23-14-5-3-4-12(8-14)10-18/h3-9H,11H2,1-2H3,(H,19,20). The zero-order chi connectivity index (χ0) is 16.7. The summed E-state index contributed by atoms with van der Waals surface area (Å²) in [6.45, 7) is -0.163. The average Bonchev–Trinajstić information content (AvgIpc) is 2.60. The van der Waals surface area contributed by atoms with Crippen molar-refractivity contribution < 1.29 is 19.0 Å². The summed E-state index contributed by atoms with van der Waals surface area (Å²) < 4.78 is 15.7. The first-order valence-electron chi connectivity index (χ1n) is 6.81. The predicted molar refractivity (Wildman–Crippen MR) is 84.8 cm³/mol. The quantitative estimate of drug-likeness (QED) is 0.886. The second-order valence-corrected chi connectivity index (χ2v) is 4.55. The highest BCUT2D eigenvalue weighted by atomic mass is 16.5. The number of nitrogens with one attached hydrogen (secondary N) is 1. The van der Waals surface area contributed by atoms with Crippen molar-refractivity contribution in [3.63, 3.8) is 0 Å². The minimum Gasteiger partial charge on any atom is -0.493 e. The van der Waals surface area contributed by atoms with Crippen molar-refractivity contribution in [3.8, 4) is 23.3 Å². The van der Waals surface area contributed by atoms with Gasteiger partial charge in [0.05, 0.1) is 25.9 Å². The van der Waals surface area contributed by atoms with E-state index in [9.17, 15) is 4.79 Å². The van der Waals surface area contributed by atoms with Crippen LogP contribution in [0.1, 0.15) is 5.56 Å². The fourth-order valence-corrected chi connectivity index (χ4v) is 1.92. The second-order valence-electron chi connectivity index (χ2n) is 4.55. The molecule has 6 nitrogen and oxygen atoms in total. The number of nitriles is 1. The van der Waals surface area contributed by atoms with Gasteiger partial charge >= 0.3 is 0 Å². The van der Waals surface area contributed by atoms with Crippen LogP contribution in [0.2, 0.25) is 0 Å². The molecule has 23 heavy (non-hydrogen) atoms. The molecule has 2 aromatic carbocycles. The van der Waals surface area contributed by atoms with Crippen LogP contribution >= 0.6 is 0 Å². The number of ether oxygens (including phenoxy) is 3. The number of benzene rings is 2. The van der Waals surface area contributed by atoms with Crippen LogP contribution in [0, 0.1) is 11.3 Å². The maximum absolute atomic E-state index is 11.9. The Bertz CT molecular complexity index is 738. The summed E-state index contributed by atoms with van der Waals surface area (Å²) in [6.07, 6.45) is 0. The van der Waals surface area contributed by atoms with E-state index in [0.717, 1.165) is 0 Å². The Hall–Kier alpha value is -3.20. The van der Waals surface area contributed by atoms with Gasteiger partial charge in [-0.25, -0.2) is 0 Å². The van der Waals surface area contributed by atoms with Gasteiger partial charge in [0.2, 0.25) is 0 Å². The van der Waals surface area contributed by atoms with E-state index in [1.165, 1.54) is 7.11 Å². The van der Waals surface area contributed by atoms with Gasteiger partial charge in [-0.1, -0.05) is 6.07 Å². The number of methoxy groups -OCH3 is 2. The lowest BCUT2D eigenvalue weighted by atomic mass is 10.2. The van der Waals surface area contributed by atoms with Crippen LogP contribution in [-0.4, -0.2) is 26.7 Å². The predicted octanol–water partition coefficient (Wildman–Crippen LogP) is 2.59. The monoisotopic (exact) mass is 312 g/mol. The molecule has 0 atom stereocenters. The third-order valence-corrected chi connectivity index (χ3v) is 3.00. The van der Waals surface area contributed by atoms with Crippen molar-refractivity contribution in [2.45, 2.75) is 0 Å². The van der Waals surface area contributed by atoms with E-state index in [4.69, 9.17) is 19.5 Å². The number of carbonyl (C=O) groups is 1. The second kappa shape index (κ2) is 7.71. The Morgan fingerprint density at radius 2 is 1.91 bits per heavy atom. The van der Waals surface area contributed by atoms with Crippen LogP contribution < -0.4 is 19.5 Å². The first kappa shape index (κ1) is 16.2. The summed E-state index contributed by atoms with van der Waals surface area (Å²) in [5.41, 5.74) is 1.05. The molecule has 2 rings (SSSR count). The van der Waals surface area contributed by atoms with E-state index in [1.54, 1.807) is 49.6 Å². The SMILES string of the molecule is COc1ccc(NC(=O)COc2cccc(C#N)c2)cc1OC. The molecule has 0 bridgehead atoms. The number of rotatable bonds is 6. The minimum atomic E-state index is -0.320. The number of nitrogens with zero attached hydrogens (tertiary/aromatic N) is 1. The zero-order valence-electron chi connectivity index (χ0n) is 12.8. The van der Waals surface area contributed by atoms with Crippen molar-refractivity contribution in [2.24, 2.45) is 0 Å². The van der Waals surface area contributed by atoms with Crippen molar-refractivity contribution in [3.05, 3.63) is 48.0 Å². The number of anilines is 1. The molecule has 0 heterocycles. The molecule has 118 valence electrons. The van der Waals surface area contributed by atoms with Gasteiger partial charge in [0.1, 0.15) is 5.75 Å². The molecule has 0 aliphatic heterocycles. The van der Waals surface area contributed by atoms with Crippen LogP contribution in [0.25, 0.3) is 0 Å². The fraction of sp³-hybridized carbons (Fsp3) is 0.176. The molecular formula is C17H16N2O4. The van der Waals surface area contributed by atoms with Gasteiger partial charge in [0.25, 0.3) is 5.91 Å². The molecule has 0 aliphatic carbocycles. The van der Waals surface area contributed by atoms with E-state index in [0.29, 0.717) is 28.5 Å². The largest absolute Gasteiger partial charge is 0.493 e. The van der Waals surface area contributed by atoms with E-state index >= 15 is 0 Å². The van der Waals surface area contributed by atoms with Crippen LogP contribution in [0.4, 0.5) is 5.69 Å². The minimum absolute atomic E-state index is 0.163. The Morgan fingerprint density at radius 1 is 1.13 bits per heavy atom. The first-order valence-corrected chi connectivity index (χ1v) is 6.81. The van der Waals surface area contributed by atoms with Gasteiger partial charge in [-0.05, 0) is 30.3 Å². The van der Waals surface area contributed by atoms with Crippen LogP contribution in [-0.2, 0) is 4.79 Å². The molecule has 0 spiro atoms. The van der Waals surface area contributed by atoms with Gasteiger partial charge < -0.3 is 19.5 Å². The molecule has 0 aromatic heterocycles. The Balaban J connectivity index is 1.95. The van der Waals surface area contributed by atoms with E-state index in [1.807, 2.05) is 6.07 Å². The third-order valence-electron chi connectivity index (χ3n) is 3.00. The highest BCUT2D eigenvalue weighted by molar-refractivity contribution is 5.92. The highest BCUT2D eigenvalue weighted by Crippen LogP contribution is 2.29. The molecule has 0 aliphatic rings. The number of hydrogen-bond acceptors (Lipinski definition) is 5. The van der Waals surface area contributed by atoms with Crippen molar-refractivity contribution in [1.29, 1.82) is 5.26 Å². The first-order chi connectivity index (χ1) is 11.2. The summed E-state index contributed by atoms with van der Waals surface area (Å²) >= 11 is 0. The molecule has 0 saturated carbocycles. The average molecular weight is 312 g/mol. The summed E-state index contributed by atoms with van der Waals surface area (Å²) in [5.74, 6) is 1.24. The van der Waals surface area contributed by atoms with Gasteiger partial charge in [-0.15, -0.1) is 0 Å². The van der Waals surface area contributed by atoms with Crippen molar-refractivity contribution >= 4 is 11.6 Å². The van der Waals surface area contributed by atoms with Crippen LogP contribution in [0.15, 0.2) is 42.5 Å². The topological polar surface area (TPSA) is 80.6 Å². The zero-order valence-corrected chi connectivity index (χ0v) is 12.8. The van der Waals surface area contributed by atoms with Crippen LogP contribution in [0.5, 0.6) is 17.2 Å². The number of hydrogen-bond donors (Lipinski definition) is 1. The van der Waals surface area contributed by atoms with Gasteiger partial charge in [0, 0.05) is 11.8 Å². The molecule has 0 unspecified atom stereocenters. The summed E-state index contributed by atoms with van der Waals surface area (Å²) in [4.78, 5) is 11.9. The molecule has 0 saturated heterocycles. The summed E-state index contributed by atoms with van der Waals surface area (Å²) in [6, 6.07) is 13.7. The van der Waals surface area contributed by atoms with Gasteiger partial charge in [0.15, 0.2) is 18.1 Å². The maximum atomic E-state index is 11.9. The Kier molecular flexibility index (Phi) is 5.42. The lowest BCUT2D eigenvalue weighted by Gasteiger charge is -2.11. The fourth-order valence-electron chi connectivity index (χ4n) is 1.92. The van der Waals surface area contributed by atoms with Gasteiger partial charge in [-0.3, -0.25) is 4.79 Å². The molecule has 2 aromatic rings. The van der Waals surface area contributed by atoms with E-state index < -0.39 is 0 Å². The summed E-state index contributed by atoms with van der Waals surface area (Å²) in [7, 11) is 3.06. The summed E-state index contributed by atoms with van der Waals surface area (Å²) in [5, 5.41) is 11.5. The molecule has 0 fully saturated rings. The van der Waals surface area contributed by atoms with Crippen molar-refractivity contribution in [2.75, 3.05) is 26.1 Å². The molecule has 6 heteroatoms.